The third kappa shape index (κ3) is 4.79. The maximum absolute atomic E-state index is 12.8. The zero-order valence-electron chi connectivity index (χ0n) is 16.4. The van der Waals surface area contributed by atoms with E-state index in [1.165, 1.54) is 7.11 Å². The Morgan fingerprint density at radius 2 is 1.87 bits per heavy atom. The number of halogens is 2. The van der Waals surface area contributed by atoms with Gasteiger partial charge in [0.25, 0.3) is 11.1 Å². The van der Waals surface area contributed by atoms with Crippen LogP contribution in [0.4, 0.5) is 10.5 Å². The van der Waals surface area contributed by atoms with E-state index >= 15 is 0 Å². The second kappa shape index (κ2) is 9.36. The van der Waals surface area contributed by atoms with Crippen LogP contribution in [0.1, 0.15) is 16.7 Å². The molecule has 1 N–H and O–H groups in total. The Hall–Kier alpha value is -2.10. The number of carbonyl (C=O) groups excluding carboxylic acids is 3. The molecule has 0 bridgehead atoms. The fraction of sp³-hybridized carbons (Fsp3) is 0.190. The van der Waals surface area contributed by atoms with E-state index in [0.717, 1.165) is 32.3 Å². The van der Waals surface area contributed by atoms with Crippen molar-refractivity contribution in [3.63, 3.8) is 0 Å². The molecule has 0 saturated carbocycles. The van der Waals surface area contributed by atoms with Gasteiger partial charge in [0.05, 0.1) is 16.5 Å². The Kier molecular flexibility index (Phi) is 7.05. The first-order chi connectivity index (χ1) is 14.2. The summed E-state index contributed by atoms with van der Waals surface area (Å²) in [5.74, 6) is -0.406. The SMILES string of the molecule is COc1c(Br)cc(Br)cc1/C=C1/SC(=O)N(CC(=O)Nc2c(C)cccc2C)C1=O. The molecular weight excluding hydrogens is 536 g/mol. The highest BCUT2D eigenvalue weighted by molar-refractivity contribution is 9.11. The molecule has 0 spiro atoms. The summed E-state index contributed by atoms with van der Waals surface area (Å²) in [5.41, 5.74) is 3.13. The van der Waals surface area contributed by atoms with Gasteiger partial charge in [-0.1, -0.05) is 34.1 Å². The van der Waals surface area contributed by atoms with Crippen molar-refractivity contribution in [1.29, 1.82) is 0 Å². The summed E-state index contributed by atoms with van der Waals surface area (Å²) in [7, 11) is 1.52. The number of imide groups is 1. The van der Waals surface area contributed by atoms with E-state index in [0.29, 0.717) is 21.5 Å². The number of hydrogen-bond acceptors (Lipinski definition) is 5. The molecule has 0 atom stereocenters. The van der Waals surface area contributed by atoms with Crippen LogP contribution in [0.2, 0.25) is 0 Å². The number of carbonyl (C=O) groups is 3. The highest BCUT2D eigenvalue weighted by atomic mass is 79.9. The van der Waals surface area contributed by atoms with Crippen LogP contribution in [0.5, 0.6) is 5.75 Å². The van der Waals surface area contributed by atoms with Crippen LogP contribution >= 0.6 is 43.6 Å². The maximum atomic E-state index is 12.8. The number of nitrogens with zero attached hydrogens (tertiary/aromatic N) is 1. The van der Waals surface area contributed by atoms with Gasteiger partial charge in [0.2, 0.25) is 5.91 Å². The van der Waals surface area contributed by atoms with Gasteiger partial charge in [-0.25, -0.2) is 0 Å². The lowest BCUT2D eigenvalue weighted by atomic mass is 10.1. The summed E-state index contributed by atoms with van der Waals surface area (Å²) in [5, 5.41) is 2.31. The van der Waals surface area contributed by atoms with Gasteiger partial charge in [0, 0.05) is 15.7 Å². The number of methoxy groups -OCH3 is 1. The number of para-hydroxylation sites is 1. The topological polar surface area (TPSA) is 75.7 Å². The summed E-state index contributed by atoms with van der Waals surface area (Å²) < 4.78 is 6.88. The lowest BCUT2D eigenvalue weighted by molar-refractivity contribution is -0.127. The molecule has 6 nitrogen and oxygen atoms in total. The number of thioether (sulfide) groups is 1. The van der Waals surface area contributed by atoms with Crippen molar-refractivity contribution in [2.75, 3.05) is 19.0 Å². The van der Waals surface area contributed by atoms with Crippen LogP contribution in [0.25, 0.3) is 6.08 Å². The lowest BCUT2D eigenvalue weighted by Crippen LogP contribution is -2.36. The zero-order chi connectivity index (χ0) is 22.0. The standard InChI is InChI=1S/C21H18Br2N2O4S/c1-11-5-4-6-12(2)18(11)24-17(26)10-25-20(27)16(30-21(25)28)8-13-7-14(22)9-15(23)19(13)29-3/h4-9H,10H2,1-3H3,(H,24,26)/b16-8+. The predicted octanol–water partition coefficient (Wildman–Crippen LogP) is 5.51. The average molecular weight is 554 g/mol. The molecule has 0 unspecified atom stereocenters. The molecule has 2 aromatic rings. The molecule has 0 aromatic heterocycles. The van der Waals surface area contributed by atoms with Gasteiger partial charge >= 0.3 is 0 Å². The van der Waals surface area contributed by atoms with Crippen LogP contribution in [0.15, 0.2) is 44.2 Å². The molecule has 3 amide bonds. The summed E-state index contributed by atoms with van der Waals surface area (Å²) >= 11 is 7.61. The Morgan fingerprint density at radius 3 is 2.50 bits per heavy atom. The molecule has 2 aromatic carbocycles. The third-order valence-electron chi connectivity index (χ3n) is 4.45. The molecule has 30 heavy (non-hydrogen) atoms. The second-order valence-electron chi connectivity index (χ2n) is 6.59. The van der Waals surface area contributed by atoms with Crippen molar-refractivity contribution in [2.45, 2.75) is 13.8 Å². The van der Waals surface area contributed by atoms with E-state index in [4.69, 9.17) is 4.74 Å². The fourth-order valence-corrected chi connectivity index (χ4v) is 5.26. The minimum absolute atomic E-state index is 0.225. The quantitative estimate of drug-likeness (QED) is 0.494. The zero-order valence-corrected chi connectivity index (χ0v) is 20.4. The Morgan fingerprint density at radius 1 is 1.20 bits per heavy atom. The highest BCUT2D eigenvalue weighted by Crippen LogP contribution is 2.38. The number of anilines is 1. The van der Waals surface area contributed by atoms with Gasteiger partial charge in [-0.2, -0.15) is 0 Å². The second-order valence-corrected chi connectivity index (χ2v) is 9.36. The monoisotopic (exact) mass is 552 g/mol. The maximum Gasteiger partial charge on any atom is 0.294 e. The molecule has 1 fully saturated rings. The van der Waals surface area contributed by atoms with Crippen molar-refractivity contribution < 1.29 is 19.1 Å². The van der Waals surface area contributed by atoms with Gasteiger partial charge in [-0.3, -0.25) is 19.3 Å². The highest BCUT2D eigenvalue weighted by Gasteiger charge is 2.36. The molecule has 3 rings (SSSR count). The molecule has 1 heterocycles. The van der Waals surface area contributed by atoms with Crippen LogP contribution in [0.3, 0.4) is 0 Å². The number of amides is 3. The average Bonchev–Trinajstić information content (AvgIpc) is 2.92. The predicted molar refractivity (Wildman–Crippen MR) is 126 cm³/mol. The van der Waals surface area contributed by atoms with Gasteiger partial charge in [-0.05, 0) is 70.9 Å². The Bertz CT molecular complexity index is 1060. The molecule has 1 saturated heterocycles. The van der Waals surface area contributed by atoms with Gasteiger partial charge in [-0.15, -0.1) is 0 Å². The van der Waals surface area contributed by atoms with Crippen molar-refractivity contribution in [3.8, 4) is 5.75 Å². The van der Waals surface area contributed by atoms with Gasteiger partial charge < -0.3 is 10.1 Å². The summed E-state index contributed by atoms with van der Waals surface area (Å²) in [6.45, 7) is 3.42. The first-order valence-electron chi connectivity index (χ1n) is 8.85. The van der Waals surface area contributed by atoms with Crippen LogP contribution in [-0.2, 0) is 9.59 Å². The van der Waals surface area contributed by atoms with E-state index in [1.54, 1.807) is 12.1 Å². The molecule has 0 radical (unpaired) electrons. The van der Waals surface area contributed by atoms with E-state index in [2.05, 4.69) is 37.2 Å². The number of nitrogens with one attached hydrogen (secondary N) is 1. The largest absolute Gasteiger partial charge is 0.495 e. The molecule has 0 aliphatic carbocycles. The molecule has 9 heteroatoms. The van der Waals surface area contributed by atoms with Crippen LogP contribution in [0, 0.1) is 13.8 Å². The molecule has 1 aliphatic heterocycles. The van der Waals surface area contributed by atoms with Crippen molar-refractivity contribution in [3.05, 3.63) is 60.9 Å². The Balaban J connectivity index is 1.80. The number of aryl methyl sites for hydroxylation is 2. The number of benzene rings is 2. The lowest BCUT2D eigenvalue weighted by Gasteiger charge is -2.15. The molecule has 1 aliphatic rings. The summed E-state index contributed by atoms with van der Waals surface area (Å²) in [6, 6.07) is 9.27. The van der Waals surface area contributed by atoms with Crippen molar-refractivity contribution >= 4 is 72.4 Å². The Labute approximate surface area is 195 Å². The third-order valence-corrected chi connectivity index (χ3v) is 6.40. The molecular formula is C21H18Br2N2O4S. The summed E-state index contributed by atoms with van der Waals surface area (Å²) in [4.78, 5) is 38.8. The van der Waals surface area contributed by atoms with E-state index < -0.39 is 17.1 Å². The minimum atomic E-state index is -0.514. The number of rotatable bonds is 5. The van der Waals surface area contributed by atoms with E-state index in [9.17, 15) is 14.4 Å². The van der Waals surface area contributed by atoms with E-state index in [-0.39, 0.29) is 11.4 Å². The normalized spacial score (nSPS) is 15.1. The first-order valence-corrected chi connectivity index (χ1v) is 11.3. The minimum Gasteiger partial charge on any atom is -0.495 e. The first kappa shape index (κ1) is 22.6. The van der Waals surface area contributed by atoms with E-state index in [1.807, 2.05) is 38.1 Å². The van der Waals surface area contributed by atoms with Gasteiger partial charge in [0.1, 0.15) is 12.3 Å². The smallest absolute Gasteiger partial charge is 0.294 e. The number of hydrogen-bond donors (Lipinski definition) is 1. The van der Waals surface area contributed by atoms with Crippen LogP contribution < -0.4 is 10.1 Å². The summed E-state index contributed by atoms with van der Waals surface area (Å²) in [6.07, 6.45) is 1.59. The molecule has 156 valence electrons. The number of ether oxygens (including phenoxy) is 1. The fourth-order valence-electron chi connectivity index (χ4n) is 3.01. The van der Waals surface area contributed by atoms with Crippen molar-refractivity contribution in [2.24, 2.45) is 0 Å². The van der Waals surface area contributed by atoms with Crippen LogP contribution in [-0.4, -0.2) is 35.6 Å². The van der Waals surface area contributed by atoms with Crippen molar-refractivity contribution in [1.82, 2.24) is 4.90 Å². The van der Waals surface area contributed by atoms with Gasteiger partial charge in [0.15, 0.2) is 0 Å².